The lowest BCUT2D eigenvalue weighted by molar-refractivity contribution is -0.142. The number of hydrazone groups is 1. The number of nitrogens with one attached hydrogen (secondary N) is 3. The van der Waals surface area contributed by atoms with E-state index in [2.05, 4.69) is 20.7 Å². The Balaban J connectivity index is 1.46. The molecule has 42 heavy (non-hydrogen) atoms. The van der Waals surface area contributed by atoms with Crippen molar-refractivity contribution in [2.24, 2.45) is 10.5 Å². The van der Waals surface area contributed by atoms with Crippen molar-refractivity contribution in [3.63, 3.8) is 0 Å². The molecule has 220 valence electrons. The van der Waals surface area contributed by atoms with Crippen molar-refractivity contribution in [2.75, 3.05) is 20.1 Å². The van der Waals surface area contributed by atoms with E-state index in [9.17, 15) is 28.7 Å². The van der Waals surface area contributed by atoms with Gasteiger partial charge in [0.1, 0.15) is 22.8 Å². The lowest BCUT2D eigenvalue weighted by atomic mass is 9.73. The summed E-state index contributed by atoms with van der Waals surface area (Å²) >= 11 is 0. The van der Waals surface area contributed by atoms with Gasteiger partial charge >= 0.3 is 6.09 Å². The number of aromatic nitrogens is 1. The normalized spacial score (nSPS) is 19.3. The molecule has 1 unspecified atom stereocenters. The second kappa shape index (κ2) is 10.9. The predicted octanol–water partition coefficient (Wildman–Crippen LogP) is 2.67. The van der Waals surface area contributed by atoms with E-state index in [1.807, 2.05) is 24.3 Å². The van der Waals surface area contributed by atoms with Crippen LogP contribution in [0.1, 0.15) is 31.4 Å². The van der Waals surface area contributed by atoms with Crippen LogP contribution in [0.25, 0.3) is 10.9 Å². The van der Waals surface area contributed by atoms with Gasteiger partial charge in [0, 0.05) is 50.1 Å². The fourth-order valence-corrected chi connectivity index (χ4v) is 5.83. The first-order chi connectivity index (χ1) is 19.9. The van der Waals surface area contributed by atoms with Crippen molar-refractivity contribution in [3.05, 3.63) is 71.7 Å². The van der Waals surface area contributed by atoms with Crippen LogP contribution in [0.15, 0.2) is 59.8 Å². The number of carbonyl (C=O) groups is 4. The van der Waals surface area contributed by atoms with Gasteiger partial charge in [0.15, 0.2) is 0 Å². The van der Waals surface area contributed by atoms with Gasteiger partial charge in [-0.15, -0.1) is 0 Å². The molecule has 3 aromatic rings. The molecule has 1 saturated heterocycles. The molecule has 0 radical (unpaired) electrons. The first kappa shape index (κ1) is 28.8. The molecule has 2 atom stereocenters. The molecule has 2 aliphatic heterocycles. The van der Waals surface area contributed by atoms with E-state index >= 15 is 0 Å². The molecule has 11 nitrogen and oxygen atoms in total. The number of amides is 4. The minimum absolute atomic E-state index is 0.0300. The number of aromatic amines is 1. The Hall–Kier alpha value is -4.74. The van der Waals surface area contributed by atoms with E-state index in [4.69, 9.17) is 0 Å². The molecule has 1 aromatic heterocycles. The molecule has 2 aromatic carbocycles. The van der Waals surface area contributed by atoms with Crippen LogP contribution in [0.4, 0.5) is 9.18 Å². The molecular formula is C30H33FN6O5. The average molecular weight is 577 g/mol. The second-order valence-corrected chi connectivity index (χ2v) is 11.4. The molecule has 4 amide bonds. The van der Waals surface area contributed by atoms with Crippen LogP contribution in [0.5, 0.6) is 0 Å². The maximum Gasteiger partial charge on any atom is 0.405 e. The number of para-hydroxylation sites is 1. The van der Waals surface area contributed by atoms with Gasteiger partial charge in [-0.05, 0) is 49.6 Å². The zero-order chi connectivity index (χ0) is 30.2. The van der Waals surface area contributed by atoms with Gasteiger partial charge < -0.3 is 25.6 Å². The third-order valence-electron chi connectivity index (χ3n) is 8.03. The van der Waals surface area contributed by atoms with E-state index < -0.39 is 40.7 Å². The van der Waals surface area contributed by atoms with Gasteiger partial charge in [0.05, 0.1) is 5.71 Å². The summed E-state index contributed by atoms with van der Waals surface area (Å²) in [5.41, 5.74) is 0.416. The molecule has 3 heterocycles. The topological polar surface area (TPSA) is 147 Å². The zero-order valence-corrected chi connectivity index (χ0v) is 23.6. The maximum absolute atomic E-state index is 14.2. The van der Waals surface area contributed by atoms with Gasteiger partial charge in [-0.3, -0.25) is 14.4 Å². The van der Waals surface area contributed by atoms with E-state index in [0.717, 1.165) is 22.0 Å². The predicted molar refractivity (Wildman–Crippen MR) is 153 cm³/mol. The van der Waals surface area contributed by atoms with Gasteiger partial charge in [0.25, 0.3) is 5.91 Å². The molecule has 12 heteroatoms. The van der Waals surface area contributed by atoms with Crippen LogP contribution in [-0.4, -0.2) is 81.2 Å². The summed E-state index contributed by atoms with van der Waals surface area (Å²) in [6.07, 6.45) is 1.12. The minimum atomic E-state index is -1.51. The summed E-state index contributed by atoms with van der Waals surface area (Å²) in [4.78, 5) is 57.1. The highest BCUT2D eigenvalue weighted by Gasteiger charge is 2.54. The number of hydrogen-bond donors (Lipinski definition) is 4. The summed E-state index contributed by atoms with van der Waals surface area (Å²) in [6, 6.07) is 12.4. The number of rotatable bonds is 8. The van der Waals surface area contributed by atoms with Crippen molar-refractivity contribution in [1.82, 2.24) is 25.5 Å². The highest BCUT2D eigenvalue weighted by molar-refractivity contribution is 6.13. The Bertz CT molecular complexity index is 1580. The highest BCUT2D eigenvalue weighted by atomic mass is 19.1. The SMILES string of the molecule is CN1N=C2CCN(C(=O)[C@@H](Cc3c[nH]c4ccccc34)NC(=O)C(C)(C)NC(=O)O)CC2(Cc2ccc(F)cc2)C1=O. The number of piperidine rings is 1. The van der Waals surface area contributed by atoms with E-state index in [-0.39, 0.29) is 31.8 Å². The molecule has 2 aliphatic rings. The largest absolute Gasteiger partial charge is 0.465 e. The third-order valence-corrected chi connectivity index (χ3v) is 8.03. The Morgan fingerprint density at radius 1 is 1.17 bits per heavy atom. The van der Waals surface area contributed by atoms with Crippen LogP contribution in [-0.2, 0) is 27.2 Å². The molecule has 0 spiro atoms. The van der Waals surface area contributed by atoms with Crippen LogP contribution < -0.4 is 10.6 Å². The molecule has 1 fully saturated rings. The van der Waals surface area contributed by atoms with Crippen LogP contribution in [0.2, 0.25) is 0 Å². The van der Waals surface area contributed by atoms with Crippen molar-refractivity contribution in [1.29, 1.82) is 0 Å². The third kappa shape index (κ3) is 5.44. The highest BCUT2D eigenvalue weighted by Crippen LogP contribution is 2.38. The fourth-order valence-electron chi connectivity index (χ4n) is 5.83. The summed E-state index contributed by atoms with van der Waals surface area (Å²) < 4.78 is 13.6. The first-order valence-corrected chi connectivity index (χ1v) is 13.7. The lowest BCUT2D eigenvalue weighted by Crippen LogP contribution is -2.62. The monoisotopic (exact) mass is 576 g/mol. The fraction of sp³-hybridized carbons (Fsp3) is 0.367. The summed E-state index contributed by atoms with van der Waals surface area (Å²) in [5, 5.41) is 20.8. The smallest absolute Gasteiger partial charge is 0.405 e. The van der Waals surface area contributed by atoms with Crippen molar-refractivity contribution in [2.45, 2.75) is 44.7 Å². The minimum Gasteiger partial charge on any atom is -0.465 e. The molecule has 5 rings (SSSR count). The second-order valence-electron chi connectivity index (χ2n) is 11.4. The number of fused-ring (bicyclic) bond motifs is 2. The van der Waals surface area contributed by atoms with Gasteiger partial charge in [-0.25, -0.2) is 14.2 Å². The van der Waals surface area contributed by atoms with Crippen LogP contribution in [0, 0.1) is 11.2 Å². The Labute approximate surface area is 241 Å². The van der Waals surface area contributed by atoms with Crippen molar-refractivity contribution >= 4 is 40.4 Å². The number of hydrogen-bond acceptors (Lipinski definition) is 5. The van der Waals surface area contributed by atoms with Crippen LogP contribution >= 0.6 is 0 Å². The number of likely N-dealkylation sites (tertiary alicyclic amines) is 1. The molecule has 0 saturated carbocycles. The maximum atomic E-state index is 14.2. The molecule has 0 bridgehead atoms. The Kier molecular flexibility index (Phi) is 7.48. The number of carboxylic acid groups (broad SMARTS) is 1. The van der Waals surface area contributed by atoms with Gasteiger partial charge in [0.2, 0.25) is 11.8 Å². The lowest BCUT2D eigenvalue weighted by Gasteiger charge is -2.41. The van der Waals surface area contributed by atoms with Gasteiger partial charge in [-0.1, -0.05) is 30.3 Å². The number of halogens is 1. The van der Waals surface area contributed by atoms with E-state index in [0.29, 0.717) is 12.1 Å². The quantitative estimate of drug-likeness (QED) is 0.326. The number of benzene rings is 2. The van der Waals surface area contributed by atoms with Crippen LogP contribution in [0.3, 0.4) is 0 Å². The van der Waals surface area contributed by atoms with Gasteiger partial charge in [-0.2, -0.15) is 5.10 Å². The van der Waals surface area contributed by atoms with E-state index in [1.165, 1.54) is 31.0 Å². The molecule has 0 aliphatic carbocycles. The van der Waals surface area contributed by atoms with Crippen molar-refractivity contribution < 1.29 is 28.7 Å². The number of nitrogens with zero attached hydrogens (tertiary/aromatic N) is 3. The summed E-state index contributed by atoms with van der Waals surface area (Å²) in [7, 11) is 1.57. The number of H-pyrrole nitrogens is 1. The molecular weight excluding hydrogens is 543 g/mol. The number of carbonyl (C=O) groups excluding carboxylic acids is 3. The molecule has 4 N–H and O–H groups in total. The first-order valence-electron chi connectivity index (χ1n) is 13.7. The summed E-state index contributed by atoms with van der Waals surface area (Å²) in [5.74, 6) is -1.72. The standard InChI is InChI=1S/C30H33FN6O5/c1-29(2,34-28(41)42)26(39)33-23(14-19-16-32-22-7-5-4-6-21(19)22)25(38)37-13-12-24-30(17-37,27(40)36(3)35-24)15-18-8-10-20(31)11-9-18/h4-11,16,23,32,34H,12-15,17H2,1-3H3,(H,33,39)(H,41,42)/t23-,30?/m1/s1. The zero-order valence-electron chi connectivity index (χ0n) is 23.6. The van der Waals surface area contributed by atoms with Crippen molar-refractivity contribution in [3.8, 4) is 0 Å². The summed E-state index contributed by atoms with van der Waals surface area (Å²) in [6.45, 7) is 3.14. The van der Waals surface area contributed by atoms with E-state index in [1.54, 1.807) is 30.3 Å². The Morgan fingerprint density at radius 2 is 1.88 bits per heavy atom. The average Bonchev–Trinajstić information content (AvgIpc) is 3.46. The Morgan fingerprint density at radius 3 is 2.60 bits per heavy atom.